The van der Waals surface area contributed by atoms with E-state index in [9.17, 15) is 26.3 Å². The molecule has 1 aromatic rings. The van der Waals surface area contributed by atoms with Crippen molar-refractivity contribution in [3.05, 3.63) is 35.9 Å². The van der Waals surface area contributed by atoms with Gasteiger partial charge in [0.2, 0.25) is 0 Å². The predicted molar refractivity (Wildman–Crippen MR) is 61.0 cm³/mol. The zero-order chi connectivity index (χ0) is 16.3. The molecule has 9 heteroatoms. The molecule has 0 saturated carbocycles. The smallest absolute Gasteiger partial charge is 0.411 e. The lowest BCUT2D eigenvalue weighted by atomic mass is 9.92. The number of aliphatic hydroxyl groups is 1. The quantitative estimate of drug-likeness (QED) is 0.388. The highest BCUT2D eigenvalue weighted by molar-refractivity contribution is 5.87. The lowest BCUT2D eigenvalue weighted by Crippen LogP contribution is -2.58. The van der Waals surface area contributed by atoms with Gasteiger partial charge in [0.15, 0.2) is 0 Å². The molecule has 0 amide bonds. The standard InChI is InChI=1S/C12H11F6NO2/c13-11(14,15)10(20,12(16,17)18)7-9(19-21)6-8-4-2-1-3-5-8/h1-5,20-21H,6-7H2/b19-9+. The van der Waals surface area contributed by atoms with Crippen LogP contribution in [0, 0.1) is 0 Å². The van der Waals surface area contributed by atoms with E-state index in [1.54, 1.807) is 6.07 Å². The minimum atomic E-state index is -5.95. The summed E-state index contributed by atoms with van der Waals surface area (Å²) in [7, 11) is 0. The molecule has 1 rings (SSSR count). The minimum Gasteiger partial charge on any atom is -0.411 e. The third kappa shape index (κ3) is 3.87. The second-order valence-corrected chi connectivity index (χ2v) is 4.36. The van der Waals surface area contributed by atoms with E-state index in [4.69, 9.17) is 10.3 Å². The average molecular weight is 315 g/mol. The van der Waals surface area contributed by atoms with E-state index in [2.05, 4.69) is 5.16 Å². The summed E-state index contributed by atoms with van der Waals surface area (Å²) in [5.74, 6) is 0. The maximum atomic E-state index is 12.5. The van der Waals surface area contributed by atoms with Gasteiger partial charge in [-0.1, -0.05) is 35.5 Å². The first kappa shape index (κ1) is 17.3. The van der Waals surface area contributed by atoms with E-state index in [0.29, 0.717) is 5.56 Å². The van der Waals surface area contributed by atoms with Crippen molar-refractivity contribution in [2.45, 2.75) is 30.8 Å². The summed E-state index contributed by atoms with van der Waals surface area (Å²) in [5, 5.41) is 20.1. The second kappa shape index (κ2) is 5.92. The van der Waals surface area contributed by atoms with Crippen molar-refractivity contribution < 1.29 is 36.7 Å². The van der Waals surface area contributed by atoms with E-state index >= 15 is 0 Å². The van der Waals surface area contributed by atoms with Crippen LogP contribution in [0.2, 0.25) is 0 Å². The van der Waals surface area contributed by atoms with Crippen molar-refractivity contribution in [1.29, 1.82) is 0 Å². The predicted octanol–water partition coefficient (Wildman–Crippen LogP) is 3.31. The number of alkyl halides is 6. The van der Waals surface area contributed by atoms with Crippen molar-refractivity contribution in [3.63, 3.8) is 0 Å². The van der Waals surface area contributed by atoms with Gasteiger partial charge in [0.25, 0.3) is 5.60 Å². The third-order valence-corrected chi connectivity index (χ3v) is 2.79. The molecular weight excluding hydrogens is 304 g/mol. The number of oxime groups is 1. The van der Waals surface area contributed by atoms with E-state index in [1.165, 1.54) is 24.3 Å². The van der Waals surface area contributed by atoms with E-state index in [-0.39, 0.29) is 0 Å². The summed E-state index contributed by atoms with van der Waals surface area (Å²) in [6, 6.07) is 7.51. The number of halogens is 6. The van der Waals surface area contributed by atoms with Crippen molar-refractivity contribution in [1.82, 2.24) is 0 Å². The summed E-state index contributed by atoms with van der Waals surface area (Å²) >= 11 is 0. The van der Waals surface area contributed by atoms with Crippen LogP contribution in [0.5, 0.6) is 0 Å². The van der Waals surface area contributed by atoms with Crippen LogP contribution >= 0.6 is 0 Å². The topological polar surface area (TPSA) is 52.8 Å². The molecule has 0 unspecified atom stereocenters. The molecule has 0 heterocycles. The van der Waals surface area contributed by atoms with E-state index < -0.39 is 36.5 Å². The summed E-state index contributed by atoms with van der Waals surface area (Å²) in [6.07, 6.45) is -14.2. The molecule has 0 aliphatic heterocycles. The van der Waals surface area contributed by atoms with Gasteiger partial charge in [-0.3, -0.25) is 0 Å². The van der Waals surface area contributed by atoms with Crippen LogP contribution in [0.25, 0.3) is 0 Å². The highest BCUT2D eigenvalue weighted by atomic mass is 19.4. The Morgan fingerprint density at radius 1 is 0.952 bits per heavy atom. The van der Waals surface area contributed by atoms with Gasteiger partial charge < -0.3 is 10.3 Å². The Kier molecular flexibility index (Phi) is 4.87. The molecule has 3 nitrogen and oxygen atoms in total. The van der Waals surface area contributed by atoms with Gasteiger partial charge >= 0.3 is 12.4 Å². The number of hydrogen-bond acceptors (Lipinski definition) is 3. The Morgan fingerprint density at radius 2 is 1.43 bits per heavy atom. The van der Waals surface area contributed by atoms with Crippen LogP contribution in [-0.2, 0) is 6.42 Å². The highest BCUT2D eigenvalue weighted by Crippen LogP contribution is 2.45. The van der Waals surface area contributed by atoms with E-state index in [0.717, 1.165) is 0 Å². The molecule has 0 fully saturated rings. The maximum absolute atomic E-state index is 12.5. The van der Waals surface area contributed by atoms with Gasteiger partial charge in [0.1, 0.15) is 0 Å². The Bertz CT molecular complexity index is 481. The Labute approximate surface area is 115 Å². The lowest BCUT2D eigenvalue weighted by molar-refractivity contribution is -0.365. The molecule has 0 spiro atoms. The number of nitrogens with zero attached hydrogens (tertiary/aromatic N) is 1. The Balaban J connectivity index is 3.03. The van der Waals surface area contributed by atoms with Gasteiger partial charge in [-0.2, -0.15) is 26.3 Å². The zero-order valence-electron chi connectivity index (χ0n) is 10.4. The molecule has 0 aliphatic rings. The summed E-state index contributed by atoms with van der Waals surface area (Å²) in [4.78, 5) is 0. The first-order chi connectivity index (χ1) is 9.51. The monoisotopic (exact) mass is 315 g/mol. The molecule has 0 atom stereocenters. The Morgan fingerprint density at radius 3 is 1.81 bits per heavy atom. The third-order valence-electron chi connectivity index (χ3n) is 2.79. The fourth-order valence-corrected chi connectivity index (χ4v) is 1.62. The number of rotatable bonds is 4. The summed E-state index contributed by atoms with van der Waals surface area (Å²) in [5.41, 5.74) is -5.45. The van der Waals surface area contributed by atoms with Gasteiger partial charge in [0, 0.05) is 12.8 Å². The molecule has 1 aromatic carbocycles. The molecule has 0 aliphatic carbocycles. The molecule has 2 N–H and O–H groups in total. The lowest BCUT2D eigenvalue weighted by Gasteiger charge is -2.32. The van der Waals surface area contributed by atoms with Gasteiger partial charge in [-0.25, -0.2) is 0 Å². The van der Waals surface area contributed by atoms with Gasteiger partial charge in [0.05, 0.1) is 5.71 Å². The van der Waals surface area contributed by atoms with Crippen LogP contribution in [0.15, 0.2) is 35.5 Å². The number of benzene rings is 1. The molecule has 118 valence electrons. The summed E-state index contributed by atoms with van der Waals surface area (Å²) in [6.45, 7) is 0. The van der Waals surface area contributed by atoms with Crippen molar-refractivity contribution in [2.24, 2.45) is 5.16 Å². The van der Waals surface area contributed by atoms with Crippen molar-refractivity contribution in [3.8, 4) is 0 Å². The van der Waals surface area contributed by atoms with Crippen LogP contribution < -0.4 is 0 Å². The molecule has 0 aromatic heterocycles. The fraction of sp³-hybridized carbons (Fsp3) is 0.417. The molecule has 21 heavy (non-hydrogen) atoms. The maximum Gasteiger partial charge on any atom is 0.426 e. The van der Waals surface area contributed by atoms with Crippen LogP contribution in [0.3, 0.4) is 0 Å². The zero-order valence-corrected chi connectivity index (χ0v) is 10.4. The summed E-state index contributed by atoms with van der Waals surface area (Å²) < 4.78 is 75.2. The number of hydrogen-bond donors (Lipinski definition) is 2. The molecule has 0 bridgehead atoms. The fourth-order valence-electron chi connectivity index (χ4n) is 1.62. The molecule has 0 saturated heterocycles. The SMILES string of the molecule is O/N=C(\Cc1ccccc1)CC(O)(C(F)(F)F)C(F)(F)F. The first-order valence-electron chi connectivity index (χ1n) is 5.61. The highest BCUT2D eigenvalue weighted by Gasteiger charge is 2.70. The Hall–Kier alpha value is -1.77. The van der Waals surface area contributed by atoms with E-state index in [1.807, 2.05) is 0 Å². The van der Waals surface area contributed by atoms with Gasteiger partial charge in [-0.15, -0.1) is 0 Å². The first-order valence-corrected chi connectivity index (χ1v) is 5.61. The van der Waals surface area contributed by atoms with Crippen LogP contribution in [0.1, 0.15) is 12.0 Å². The van der Waals surface area contributed by atoms with Crippen LogP contribution in [-0.4, -0.2) is 34.0 Å². The molecule has 0 radical (unpaired) electrons. The van der Waals surface area contributed by atoms with Gasteiger partial charge in [-0.05, 0) is 5.56 Å². The second-order valence-electron chi connectivity index (χ2n) is 4.36. The normalized spacial score (nSPS) is 14.3. The van der Waals surface area contributed by atoms with Crippen LogP contribution in [0.4, 0.5) is 26.3 Å². The molecular formula is C12H11F6NO2. The largest absolute Gasteiger partial charge is 0.426 e. The van der Waals surface area contributed by atoms with Crippen molar-refractivity contribution >= 4 is 5.71 Å². The minimum absolute atomic E-state index is 0.344. The average Bonchev–Trinajstić information content (AvgIpc) is 2.36. The van der Waals surface area contributed by atoms with Crippen molar-refractivity contribution in [2.75, 3.05) is 0 Å².